The summed E-state index contributed by atoms with van der Waals surface area (Å²) in [7, 11) is 0. The second-order valence-electron chi connectivity index (χ2n) is 7.34. The van der Waals surface area contributed by atoms with Gasteiger partial charge in [0, 0.05) is 25.2 Å². The Morgan fingerprint density at radius 3 is 2.81 bits per heavy atom. The van der Waals surface area contributed by atoms with Gasteiger partial charge < -0.3 is 10.6 Å². The summed E-state index contributed by atoms with van der Waals surface area (Å²) in [5.41, 5.74) is 0.525. The van der Waals surface area contributed by atoms with E-state index in [4.69, 9.17) is 11.6 Å². The van der Waals surface area contributed by atoms with Crippen LogP contribution in [0.5, 0.6) is 0 Å². The van der Waals surface area contributed by atoms with Gasteiger partial charge in [0.25, 0.3) is 11.6 Å². The Morgan fingerprint density at radius 2 is 2.12 bits per heavy atom. The number of anilines is 1. The van der Waals surface area contributed by atoms with Crippen LogP contribution in [0.4, 0.5) is 11.5 Å². The lowest BCUT2D eigenvalue weighted by Crippen LogP contribution is -2.28. The van der Waals surface area contributed by atoms with Crippen molar-refractivity contribution in [2.45, 2.75) is 32.5 Å². The number of nitro benzene ring substituents is 1. The molecule has 0 radical (unpaired) electrons. The quantitative estimate of drug-likeness (QED) is 0.194. The van der Waals surface area contributed by atoms with E-state index in [0.717, 1.165) is 29.6 Å². The predicted molar refractivity (Wildman–Crippen MR) is 125 cm³/mol. The van der Waals surface area contributed by atoms with Gasteiger partial charge in [0.15, 0.2) is 10.8 Å². The first-order valence-corrected chi connectivity index (χ1v) is 11.5. The molecule has 3 rings (SSSR count). The lowest BCUT2D eigenvalue weighted by Gasteiger charge is -2.11. The molecule has 2 heterocycles. The number of non-ortho nitro benzene ring substituents is 1. The van der Waals surface area contributed by atoms with E-state index < -0.39 is 10.8 Å². The van der Waals surface area contributed by atoms with Gasteiger partial charge in [-0.2, -0.15) is 5.10 Å². The third-order valence-corrected chi connectivity index (χ3v) is 5.50. The molecule has 10 nitrogen and oxygen atoms in total. The number of hydrogen-bond donors (Lipinski definition) is 2. The van der Waals surface area contributed by atoms with Crippen LogP contribution in [0.15, 0.2) is 29.6 Å². The van der Waals surface area contributed by atoms with Gasteiger partial charge in [-0.15, -0.1) is 0 Å². The van der Waals surface area contributed by atoms with Crippen molar-refractivity contribution in [3.05, 3.63) is 45.1 Å². The van der Waals surface area contributed by atoms with Crippen LogP contribution in [0.1, 0.15) is 31.1 Å². The molecule has 12 heteroatoms. The number of amides is 1. The van der Waals surface area contributed by atoms with Crippen molar-refractivity contribution in [2.75, 3.05) is 24.2 Å². The number of carbonyl (C=O) groups excluding carboxylic acids is 1. The van der Waals surface area contributed by atoms with Crippen molar-refractivity contribution >= 4 is 51.8 Å². The topological polar surface area (TPSA) is 128 Å². The monoisotopic (exact) mass is 477 g/mol. The van der Waals surface area contributed by atoms with Crippen LogP contribution in [-0.2, 0) is 6.54 Å². The summed E-state index contributed by atoms with van der Waals surface area (Å²) >= 11 is 7.58. The molecule has 0 aliphatic heterocycles. The van der Waals surface area contributed by atoms with Gasteiger partial charge >= 0.3 is 0 Å². The maximum atomic E-state index is 12.5. The second kappa shape index (κ2) is 10.6. The van der Waals surface area contributed by atoms with Crippen LogP contribution < -0.4 is 10.6 Å². The number of thioether (sulfide) groups is 1. The molecule has 2 aromatic heterocycles. The predicted octanol–water partition coefficient (Wildman–Crippen LogP) is 4.00. The number of fused-ring (bicyclic) bond motifs is 1. The average Bonchev–Trinajstić information content (AvgIpc) is 3.15. The summed E-state index contributed by atoms with van der Waals surface area (Å²) in [6, 6.07) is 3.76. The minimum Gasteiger partial charge on any atom is -0.369 e. The van der Waals surface area contributed by atoms with E-state index in [0.29, 0.717) is 23.3 Å². The number of aromatic nitrogens is 4. The molecule has 0 fully saturated rings. The Labute approximate surface area is 194 Å². The fourth-order valence-electron chi connectivity index (χ4n) is 2.90. The standard InChI is InChI=1S/C20H24ClN7O3S/c1-4-32-20-25-17(23-10-12(2)3)15-11-24-27(18(15)26-20)8-7-22-19(29)14-9-13(28(30)31)5-6-16(14)21/h5-6,9,11-12H,4,7-8,10H2,1-3H3,(H,22,29)(H,23,25,26). The third-order valence-electron chi connectivity index (χ3n) is 4.44. The van der Waals surface area contributed by atoms with Crippen molar-refractivity contribution in [1.29, 1.82) is 0 Å². The summed E-state index contributed by atoms with van der Waals surface area (Å²) in [5.74, 6) is 1.53. The molecular formula is C20H24ClN7O3S. The van der Waals surface area contributed by atoms with E-state index in [2.05, 4.69) is 39.5 Å². The molecule has 0 aliphatic rings. The highest BCUT2D eigenvalue weighted by Crippen LogP contribution is 2.25. The first-order chi connectivity index (χ1) is 15.3. The van der Waals surface area contributed by atoms with Crippen LogP contribution in [0.2, 0.25) is 5.02 Å². The summed E-state index contributed by atoms with van der Waals surface area (Å²) < 4.78 is 1.70. The molecule has 1 aromatic carbocycles. The van der Waals surface area contributed by atoms with Crippen LogP contribution in [0, 0.1) is 16.0 Å². The van der Waals surface area contributed by atoms with Crippen LogP contribution in [0.3, 0.4) is 0 Å². The molecule has 0 spiro atoms. The third kappa shape index (κ3) is 5.65. The SMILES string of the molecule is CCSc1nc(NCC(C)C)c2cnn(CCNC(=O)c3cc([N+](=O)[O-])ccc3Cl)c2n1. The molecule has 0 unspecified atom stereocenters. The Bertz CT molecular complexity index is 1140. The molecule has 0 aliphatic carbocycles. The van der Waals surface area contributed by atoms with Gasteiger partial charge in [-0.1, -0.05) is 44.1 Å². The van der Waals surface area contributed by atoms with E-state index in [1.165, 1.54) is 23.9 Å². The zero-order valence-electron chi connectivity index (χ0n) is 18.0. The highest BCUT2D eigenvalue weighted by atomic mass is 35.5. The van der Waals surface area contributed by atoms with Gasteiger partial charge in [-0.05, 0) is 17.7 Å². The molecule has 3 aromatic rings. The van der Waals surface area contributed by atoms with Gasteiger partial charge in [0.1, 0.15) is 5.82 Å². The van der Waals surface area contributed by atoms with Gasteiger partial charge in [-0.3, -0.25) is 14.9 Å². The summed E-state index contributed by atoms with van der Waals surface area (Å²) in [6.45, 7) is 7.64. The minimum atomic E-state index is -0.570. The highest BCUT2D eigenvalue weighted by Gasteiger charge is 2.17. The van der Waals surface area contributed by atoms with Crippen LogP contribution in [-0.4, -0.2) is 49.4 Å². The number of nitro groups is 1. The highest BCUT2D eigenvalue weighted by molar-refractivity contribution is 7.99. The number of halogens is 1. The van der Waals surface area contributed by atoms with E-state index in [1.54, 1.807) is 10.9 Å². The van der Waals surface area contributed by atoms with Crippen LogP contribution in [0.25, 0.3) is 11.0 Å². The number of nitrogens with one attached hydrogen (secondary N) is 2. The fraction of sp³-hybridized carbons (Fsp3) is 0.400. The maximum absolute atomic E-state index is 12.5. The zero-order valence-corrected chi connectivity index (χ0v) is 19.5. The van der Waals surface area contributed by atoms with Gasteiger partial charge in [-0.25, -0.2) is 14.6 Å². The summed E-state index contributed by atoms with van der Waals surface area (Å²) in [6.07, 6.45) is 1.71. The molecule has 32 heavy (non-hydrogen) atoms. The summed E-state index contributed by atoms with van der Waals surface area (Å²) in [5, 5.41) is 23.1. The lowest BCUT2D eigenvalue weighted by atomic mass is 10.2. The molecule has 0 saturated heterocycles. The smallest absolute Gasteiger partial charge is 0.270 e. The molecule has 0 saturated carbocycles. The number of rotatable bonds is 10. The normalized spacial score (nSPS) is 11.2. The maximum Gasteiger partial charge on any atom is 0.270 e. The molecule has 2 N–H and O–H groups in total. The molecular weight excluding hydrogens is 454 g/mol. The van der Waals surface area contributed by atoms with Gasteiger partial charge in [0.2, 0.25) is 0 Å². The molecule has 1 amide bonds. The Balaban J connectivity index is 1.76. The van der Waals surface area contributed by atoms with E-state index in [9.17, 15) is 14.9 Å². The lowest BCUT2D eigenvalue weighted by molar-refractivity contribution is -0.384. The Hall–Kier alpha value is -2.92. The summed E-state index contributed by atoms with van der Waals surface area (Å²) in [4.78, 5) is 32.1. The Kier molecular flexibility index (Phi) is 7.86. The fourth-order valence-corrected chi connectivity index (χ4v) is 3.67. The van der Waals surface area contributed by atoms with Gasteiger partial charge in [0.05, 0.1) is 33.6 Å². The molecule has 0 bridgehead atoms. The second-order valence-corrected chi connectivity index (χ2v) is 8.98. The minimum absolute atomic E-state index is 0.0512. The van der Waals surface area contributed by atoms with Crippen LogP contribution >= 0.6 is 23.4 Å². The molecule has 0 atom stereocenters. The van der Waals surface area contributed by atoms with Crippen molar-refractivity contribution < 1.29 is 9.72 Å². The zero-order chi connectivity index (χ0) is 23.3. The number of nitrogens with zero attached hydrogens (tertiary/aromatic N) is 5. The van der Waals surface area contributed by atoms with Crippen molar-refractivity contribution in [3.63, 3.8) is 0 Å². The van der Waals surface area contributed by atoms with Crippen molar-refractivity contribution in [1.82, 2.24) is 25.1 Å². The van der Waals surface area contributed by atoms with Crippen molar-refractivity contribution in [3.8, 4) is 0 Å². The van der Waals surface area contributed by atoms with E-state index >= 15 is 0 Å². The number of carbonyl (C=O) groups is 1. The first-order valence-electron chi connectivity index (χ1n) is 10.1. The first kappa shape index (κ1) is 23.7. The van der Waals surface area contributed by atoms with E-state index in [-0.39, 0.29) is 22.8 Å². The average molecular weight is 478 g/mol. The van der Waals surface area contributed by atoms with Crippen molar-refractivity contribution in [2.24, 2.45) is 5.92 Å². The number of hydrogen-bond acceptors (Lipinski definition) is 8. The molecule has 170 valence electrons. The largest absolute Gasteiger partial charge is 0.369 e. The Morgan fingerprint density at radius 1 is 1.34 bits per heavy atom. The number of benzene rings is 1. The van der Waals surface area contributed by atoms with E-state index in [1.807, 2.05) is 6.92 Å².